The molecule has 0 radical (unpaired) electrons. The predicted octanol–water partition coefficient (Wildman–Crippen LogP) is 4.10. The number of hydrogen-bond donors (Lipinski definition) is 2. The maximum atomic E-state index is 9.63. The van der Waals surface area contributed by atoms with E-state index in [-0.39, 0.29) is 12.6 Å². The van der Waals surface area contributed by atoms with Gasteiger partial charge in [0.2, 0.25) is 0 Å². The molecule has 0 aliphatic carbocycles. The fourth-order valence-electron chi connectivity index (χ4n) is 2.17. The molecule has 2 rings (SSSR count). The standard InChI is InChI=1S/C16H18ClNO/c1-11-5-3-4-6-15(11)18-16(10-19)14-8-7-13(17)9-12(14)2/h3-9,16,18-19H,10H2,1-2H3. The Bertz CT molecular complexity index is 568. The van der Waals surface area contributed by atoms with E-state index in [0.717, 1.165) is 22.4 Å². The Morgan fingerprint density at radius 3 is 2.47 bits per heavy atom. The first kappa shape index (κ1) is 13.9. The van der Waals surface area contributed by atoms with Crippen LogP contribution in [0.5, 0.6) is 0 Å². The molecule has 100 valence electrons. The van der Waals surface area contributed by atoms with Crippen molar-refractivity contribution >= 4 is 17.3 Å². The molecule has 0 saturated carbocycles. The van der Waals surface area contributed by atoms with Gasteiger partial charge in [0.05, 0.1) is 12.6 Å². The highest BCUT2D eigenvalue weighted by Crippen LogP contribution is 2.26. The number of anilines is 1. The lowest BCUT2D eigenvalue weighted by atomic mass is 10.0. The van der Waals surface area contributed by atoms with Crippen molar-refractivity contribution in [3.05, 3.63) is 64.2 Å². The summed E-state index contributed by atoms with van der Waals surface area (Å²) in [5, 5.41) is 13.7. The van der Waals surface area contributed by atoms with Crippen LogP contribution in [0, 0.1) is 13.8 Å². The molecule has 3 heteroatoms. The summed E-state index contributed by atoms with van der Waals surface area (Å²) in [6.07, 6.45) is 0. The van der Waals surface area contributed by atoms with E-state index >= 15 is 0 Å². The van der Waals surface area contributed by atoms with Crippen molar-refractivity contribution in [3.8, 4) is 0 Å². The zero-order valence-corrected chi connectivity index (χ0v) is 11.9. The SMILES string of the molecule is Cc1ccccc1NC(CO)c1ccc(Cl)cc1C. The molecule has 0 bridgehead atoms. The largest absolute Gasteiger partial charge is 0.394 e. The van der Waals surface area contributed by atoms with Crippen molar-refractivity contribution in [1.29, 1.82) is 0 Å². The second-order valence-electron chi connectivity index (χ2n) is 4.70. The minimum Gasteiger partial charge on any atom is -0.394 e. The van der Waals surface area contributed by atoms with E-state index in [0.29, 0.717) is 5.02 Å². The Kier molecular flexibility index (Phi) is 4.46. The maximum Gasteiger partial charge on any atom is 0.0747 e. The molecule has 0 aliphatic heterocycles. The smallest absolute Gasteiger partial charge is 0.0747 e. The van der Waals surface area contributed by atoms with Crippen LogP contribution in [-0.2, 0) is 0 Å². The van der Waals surface area contributed by atoms with Gasteiger partial charge in [-0.25, -0.2) is 0 Å². The van der Waals surface area contributed by atoms with Gasteiger partial charge in [-0.1, -0.05) is 35.9 Å². The van der Waals surface area contributed by atoms with Gasteiger partial charge in [-0.15, -0.1) is 0 Å². The molecule has 2 nitrogen and oxygen atoms in total. The zero-order chi connectivity index (χ0) is 13.8. The number of aryl methyl sites for hydroxylation is 2. The van der Waals surface area contributed by atoms with E-state index in [2.05, 4.69) is 5.32 Å². The van der Waals surface area contributed by atoms with Crippen LogP contribution in [0.15, 0.2) is 42.5 Å². The molecule has 2 aromatic carbocycles. The third-order valence-corrected chi connectivity index (χ3v) is 3.50. The molecule has 1 atom stereocenters. The summed E-state index contributed by atoms with van der Waals surface area (Å²) in [7, 11) is 0. The molecular formula is C16H18ClNO. The van der Waals surface area contributed by atoms with E-state index in [1.54, 1.807) is 0 Å². The van der Waals surface area contributed by atoms with Crippen molar-refractivity contribution in [2.24, 2.45) is 0 Å². The highest BCUT2D eigenvalue weighted by Gasteiger charge is 2.13. The average Bonchev–Trinajstić information content (AvgIpc) is 2.39. The van der Waals surface area contributed by atoms with Crippen LogP contribution in [0.2, 0.25) is 5.02 Å². The van der Waals surface area contributed by atoms with Gasteiger partial charge in [-0.05, 0) is 48.7 Å². The number of nitrogens with one attached hydrogen (secondary N) is 1. The second kappa shape index (κ2) is 6.09. The molecular weight excluding hydrogens is 258 g/mol. The number of hydrogen-bond acceptors (Lipinski definition) is 2. The number of aliphatic hydroxyl groups is 1. The Morgan fingerprint density at radius 1 is 1.11 bits per heavy atom. The van der Waals surface area contributed by atoms with Crippen LogP contribution in [0.25, 0.3) is 0 Å². The van der Waals surface area contributed by atoms with Crippen LogP contribution in [-0.4, -0.2) is 11.7 Å². The summed E-state index contributed by atoms with van der Waals surface area (Å²) in [4.78, 5) is 0. The second-order valence-corrected chi connectivity index (χ2v) is 5.13. The fourth-order valence-corrected chi connectivity index (χ4v) is 2.40. The van der Waals surface area contributed by atoms with Crippen molar-refractivity contribution in [3.63, 3.8) is 0 Å². The third-order valence-electron chi connectivity index (χ3n) is 3.26. The Balaban J connectivity index is 2.28. The molecule has 0 aromatic heterocycles. The van der Waals surface area contributed by atoms with Gasteiger partial charge in [-0.2, -0.15) is 0 Å². The summed E-state index contributed by atoms with van der Waals surface area (Å²) < 4.78 is 0. The number of rotatable bonds is 4. The first-order valence-electron chi connectivity index (χ1n) is 6.31. The molecule has 0 saturated heterocycles. The van der Waals surface area contributed by atoms with Gasteiger partial charge in [0.1, 0.15) is 0 Å². The van der Waals surface area contributed by atoms with Crippen molar-refractivity contribution < 1.29 is 5.11 Å². The molecule has 0 spiro atoms. The Labute approximate surface area is 119 Å². The summed E-state index contributed by atoms with van der Waals surface area (Å²) in [5.74, 6) is 0. The van der Waals surface area contributed by atoms with Gasteiger partial charge < -0.3 is 10.4 Å². The van der Waals surface area contributed by atoms with E-state index < -0.39 is 0 Å². The lowest BCUT2D eigenvalue weighted by Gasteiger charge is -2.21. The third kappa shape index (κ3) is 3.28. The predicted molar refractivity (Wildman–Crippen MR) is 80.8 cm³/mol. The Morgan fingerprint density at radius 2 is 1.84 bits per heavy atom. The van der Waals surface area contributed by atoms with Crippen molar-refractivity contribution in [2.45, 2.75) is 19.9 Å². The van der Waals surface area contributed by atoms with Crippen LogP contribution in [0.4, 0.5) is 5.69 Å². The maximum absolute atomic E-state index is 9.63. The van der Waals surface area contributed by atoms with Crippen LogP contribution < -0.4 is 5.32 Å². The first-order chi connectivity index (χ1) is 9.11. The zero-order valence-electron chi connectivity index (χ0n) is 11.2. The highest BCUT2D eigenvalue weighted by atomic mass is 35.5. The van der Waals surface area contributed by atoms with Gasteiger partial charge in [-0.3, -0.25) is 0 Å². The topological polar surface area (TPSA) is 32.3 Å². The number of halogens is 1. The average molecular weight is 276 g/mol. The normalized spacial score (nSPS) is 12.2. The van der Waals surface area contributed by atoms with Gasteiger partial charge in [0.25, 0.3) is 0 Å². The fraction of sp³-hybridized carbons (Fsp3) is 0.250. The molecule has 1 unspecified atom stereocenters. The van der Waals surface area contributed by atoms with Gasteiger partial charge in [0, 0.05) is 10.7 Å². The lowest BCUT2D eigenvalue weighted by Crippen LogP contribution is -2.16. The van der Waals surface area contributed by atoms with Crippen molar-refractivity contribution in [2.75, 3.05) is 11.9 Å². The minimum atomic E-state index is -0.127. The molecule has 0 aliphatic rings. The molecule has 0 fully saturated rings. The van der Waals surface area contributed by atoms with Crippen LogP contribution in [0.3, 0.4) is 0 Å². The lowest BCUT2D eigenvalue weighted by molar-refractivity contribution is 0.276. The summed E-state index contributed by atoms with van der Waals surface area (Å²) in [5.41, 5.74) is 4.34. The molecule has 19 heavy (non-hydrogen) atoms. The highest BCUT2D eigenvalue weighted by molar-refractivity contribution is 6.30. The van der Waals surface area contributed by atoms with Gasteiger partial charge >= 0.3 is 0 Å². The number of aliphatic hydroxyl groups excluding tert-OH is 1. The van der Waals surface area contributed by atoms with Crippen LogP contribution in [0.1, 0.15) is 22.7 Å². The molecule has 2 aromatic rings. The molecule has 2 N–H and O–H groups in total. The number of para-hydroxylation sites is 1. The van der Waals surface area contributed by atoms with Gasteiger partial charge in [0.15, 0.2) is 0 Å². The van der Waals surface area contributed by atoms with Crippen LogP contribution >= 0.6 is 11.6 Å². The van der Waals surface area contributed by atoms with E-state index in [1.807, 2.05) is 56.3 Å². The van der Waals surface area contributed by atoms with Crippen molar-refractivity contribution in [1.82, 2.24) is 0 Å². The molecule has 0 amide bonds. The van der Waals surface area contributed by atoms with E-state index in [1.165, 1.54) is 0 Å². The summed E-state index contributed by atoms with van der Waals surface area (Å²) in [6, 6.07) is 13.7. The summed E-state index contributed by atoms with van der Waals surface area (Å²) >= 11 is 5.97. The molecule has 0 heterocycles. The first-order valence-corrected chi connectivity index (χ1v) is 6.68. The number of benzene rings is 2. The summed E-state index contributed by atoms with van der Waals surface area (Å²) in [6.45, 7) is 4.09. The Hall–Kier alpha value is -1.51. The van der Waals surface area contributed by atoms with E-state index in [4.69, 9.17) is 11.6 Å². The monoisotopic (exact) mass is 275 g/mol. The quantitative estimate of drug-likeness (QED) is 0.880. The minimum absolute atomic E-state index is 0.0385. The van der Waals surface area contributed by atoms with E-state index in [9.17, 15) is 5.11 Å².